The Kier molecular flexibility index (Phi) is 2.80. The van der Waals surface area contributed by atoms with Gasteiger partial charge < -0.3 is 4.40 Å². The Morgan fingerprint density at radius 1 is 1.17 bits per heavy atom. The first kappa shape index (κ1) is 11.3. The molecule has 90 valence electrons. The fourth-order valence-electron chi connectivity index (χ4n) is 2.24. The summed E-state index contributed by atoms with van der Waals surface area (Å²) in [5, 5.41) is 0.769. The molecule has 0 aliphatic carbocycles. The van der Waals surface area contributed by atoms with Crippen molar-refractivity contribution in [3.63, 3.8) is 0 Å². The summed E-state index contributed by atoms with van der Waals surface area (Å²) < 4.78 is 2.18. The van der Waals surface area contributed by atoms with E-state index in [9.17, 15) is 0 Å². The second-order valence-corrected chi connectivity index (χ2v) is 4.85. The molecular weight excluding hydrogens is 244 g/mol. The van der Waals surface area contributed by atoms with E-state index in [-0.39, 0.29) is 0 Å². The second kappa shape index (κ2) is 4.46. The van der Waals surface area contributed by atoms with Gasteiger partial charge in [-0.25, -0.2) is 4.98 Å². The lowest BCUT2D eigenvalue weighted by Crippen LogP contribution is -1.99. The number of fused-ring (bicyclic) bond motifs is 1. The number of aromatic nitrogens is 2. The molecule has 0 aliphatic heterocycles. The van der Waals surface area contributed by atoms with Gasteiger partial charge in [0.15, 0.2) is 0 Å². The molecule has 0 N–H and O–H groups in total. The Bertz CT molecular complexity index is 701. The lowest BCUT2D eigenvalue weighted by atomic mass is 10.1. The van der Waals surface area contributed by atoms with Gasteiger partial charge in [-0.1, -0.05) is 29.8 Å². The van der Waals surface area contributed by atoms with E-state index < -0.39 is 0 Å². The van der Waals surface area contributed by atoms with Crippen molar-refractivity contribution >= 4 is 17.1 Å². The SMILES string of the molecule is Cc1cccc2cnc(Cc3cccc(Cl)c3)n12. The van der Waals surface area contributed by atoms with Crippen LogP contribution < -0.4 is 0 Å². The van der Waals surface area contributed by atoms with Crippen molar-refractivity contribution in [2.24, 2.45) is 0 Å². The zero-order chi connectivity index (χ0) is 12.5. The van der Waals surface area contributed by atoms with Crippen molar-refractivity contribution in [3.05, 3.63) is 70.8 Å². The third-order valence-corrected chi connectivity index (χ3v) is 3.31. The van der Waals surface area contributed by atoms with Crippen LogP contribution in [0, 0.1) is 6.92 Å². The summed E-state index contributed by atoms with van der Waals surface area (Å²) in [6, 6.07) is 14.1. The molecule has 3 aromatic rings. The highest BCUT2D eigenvalue weighted by Gasteiger charge is 2.06. The summed E-state index contributed by atoms with van der Waals surface area (Å²) in [5.41, 5.74) is 3.51. The quantitative estimate of drug-likeness (QED) is 0.680. The van der Waals surface area contributed by atoms with Crippen LogP contribution in [-0.4, -0.2) is 9.38 Å². The Morgan fingerprint density at radius 2 is 2.00 bits per heavy atom. The zero-order valence-corrected chi connectivity index (χ0v) is 10.9. The number of hydrogen-bond acceptors (Lipinski definition) is 1. The predicted octanol–water partition coefficient (Wildman–Crippen LogP) is 3.89. The number of nitrogens with zero attached hydrogens (tertiary/aromatic N) is 2. The Balaban J connectivity index is 2.05. The largest absolute Gasteiger partial charge is 0.301 e. The van der Waals surface area contributed by atoms with Crippen LogP contribution in [0.1, 0.15) is 17.1 Å². The first-order valence-electron chi connectivity index (χ1n) is 5.90. The summed E-state index contributed by atoms with van der Waals surface area (Å²) in [6.45, 7) is 2.09. The van der Waals surface area contributed by atoms with Gasteiger partial charge in [-0.15, -0.1) is 0 Å². The van der Waals surface area contributed by atoms with Crippen LogP contribution in [0.25, 0.3) is 5.52 Å². The van der Waals surface area contributed by atoms with Gasteiger partial charge in [0.05, 0.1) is 11.7 Å². The molecule has 0 aliphatic rings. The Labute approximate surface area is 111 Å². The van der Waals surface area contributed by atoms with Crippen LogP contribution in [0.4, 0.5) is 0 Å². The molecule has 2 nitrogen and oxygen atoms in total. The van der Waals surface area contributed by atoms with Crippen LogP contribution in [0.5, 0.6) is 0 Å². The monoisotopic (exact) mass is 256 g/mol. The van der Waals surface area contributed by atoms with Gasteiger partial charge in [-0.05, 0) is 36.8 Å². The molecule has 0 saturated carbocycles. The third kappa shape index (κ3) is 2.00. The number of rotatable bonds is 2. The standard InChI is InChI=1S/C15H13ClN2/c1-11-4-2-7-14-10-17-15(18(11)14)9-12-5-3-6-13(16)8-12/h2-8,10H,9H2,1H3. The van der Waals surface area contributed by atoms with Crippen molar-refractivity contribution in [2.75, 3.05) is 0 Å². The summed E-state index contributed by atoms with van der Waals surface area (Å²) in [4.78, 5) is 4.50. The molecule has 3 rings (SSSR count). The molecule has 0 fully saturated rings. The van der Waals surface area contributed by atoms with Crippen LogP contribution in [0.15, 0.2) is 48.7 Å². The maximum Gasteiger partial charge on any atom is 0.117 e. The highest BCUT2D eigenvalue weighted by Crippen LogP contribution is 2.16. The molecule has 1 aromatic carbocycles. The summed E-state index contributed by atoms with van der Waals surface area (Å²) >= 11 is 6.01. The first-order chi connectivity index (χ1) is 8.74. The minimum Gasteiger partial charge on any atom is -0.301 e. The summed E-state index contributed by atoms with van der Waals surface area (Å²) in [5.74, 6) is 1.05. The van der Waals surface area contributed by atoms with Gasteiger partial charge in [-0.2, -0.15) is 0 Å². The molecule has 2 aromatic heterocycles. The van der Waals surface area contributed by atoms with Crippen molar-refractivity contribution in [1.82, 2.24) is 9.38 Å². The number of halogens is 1. The normalized spacial score (nSPS) is 11.0. The van der Waals surface area contributed by atoms with Crippen LogP contribution >= 0.6 is 11.6 Å². The Morgan fingerprint density at radius 3 is 2.83 bits per heavy atom. The van der Waals surface area contributed by atoms with E-state index in [1.54, 1.807) is 0 Å². The van der Waals surface area contributed by atoms with Gasteiger partial charge in [0, 0.05) is 17.1 Å². The fraction of sp³-hybridized carbons (Fsp3) is 0.133. The molecule has 0 atom stereocenters. The van der Waals surface area contributed by atoms with Gasteiger partial charge in [-0.3, -0.25) is 0 Å². The highest BCUT2D eigenvalue weighted by atomic mass is 35.5. The topological polar surface area (TPSA) is 17.3 Å². The zero-order valence-electron chi connectivity index (χ0n) is 10.1. The molecule has 3 heteroatoms. The average Bonchev–Trinajstić information content (AvgIpc) is 2.74. The van der Waals surface area contributed by atoms with Crippen LogP contribution in [0.3, 0.4) is 0 Å². The number of imidazole rings is 1. The second-order valence-electron chi connectivity index (χ2n) is 4.41. The number of hydrogen-bond donors (Lipinski definition) is 0. The van der Waals surface area contributed by atoms with Crippen LogP contribution in [-0.2, 0) is 6.42 Å². The molecule has 0 unspecified atom stereocenters. The maximum absolute atomic E-state index is 6.01. The molecule has 0 amide bonds. The van der Waals surface area contributed by atoms with E-state index in [0.717, 1.165) is 22.8 Å². The van der Waals surface area contributed by atoms with Gasteiger partial charge in [0.25, 0.3) is 0 Å². The predicted molar refractivity (Wildman–Crippen MR) is 74.2 cm³/mol. The smallest absolute Gasteiger partial charge is 0.117 e. The van der Waals surface area contributed by atoms with E-state index in [1.807, 2.05) is 24.4 Å². The molecule has 0 saturated heterocycles. The Hall–Kier alpha value is -1.80. The van der Waals surface area contributed by atoms with Crippen molar-refractivity contribution in [1.29, 1.82) is 0 Å². The summed E-state index contributed by atoms with van der Waals surface area (Å²) in [6.07, 6.45) is 2.70. The van der Waals surface area contributed by atoms with Crippen molar-refractivity contribution in [3.8, 4) is 0 Å². The third-order valence-electron chi connectivity index (χ3n) is 3.07. The van der Waals surface area contributed by atoms with E-state index in [0.29, 0.717) is 0 Å². The first-order valence-corrected chi connectivity index (χ1v) is 6.28. The van der Waals surface area contributed by atoms with E-state index >= 15 is 0 Å². The minimum absolute atomic E-state index is 0.769. The van der Waals surface area contributed by atoms with E-state index in [2.05, 4.69) is 40.6 Å². The molecule has 0 radical (unpaired) electrons. The van der Waals surface area contributed by atoms with E-state index in [1.165, 1.54) is 11.3 Å². The van der Waals surface area contributed by atoms with Crippen molar-refractivity contribution in [2.45, 2.75) is 13.3 Å². The molecule has 0 bridgehead atoms. The molecule has 0 spiro atoms. The van der Waals surface area contributed by atoms with Gasteiger partial charge >= 0.3 is 0 Å². The fourth-order valence-corrected chi connectivity index (χ4v) is 2.46. The van der Waals surface area contributed by atoms with E-state index in [4.69, 9.17) is 11.6 Å². The number of aryl methyl sites for hydroxylation is 1. The lowest BCUT2D eigenvalue weighted by Gasteiger charge is -2.05. The maximum atomic E-state index is 6.01. The minimum atomic E-state index is 0.769. The molecular formula is C15H13ClN2. The number of pyridine rings is 1. The number of benzene rings is 1. The summed E-state index contributed by atoms with van der Waals surface area (Å²) in [7, 11) is 0. The molecule has 2 heterocycles. The van der Waals surface area contributed by atoms with Crippen LogP contribution in [0.2, 0.25) is 5.02 Å². The lowest BCUT2D eigenvalue weighted by molar-refractivity contribution is 0.932. The molecule has 18 heavy (non-hydrogen) atoms. The van der Waals surface area contributed by atoms with Gasteiger partial charge in [0.1, 0.15) is 5.82 Å². The highest BCUT2D eigenvalue weighted by molar-refractivity contribution is 6.30. The van der Waals surface area contributed by atoms with Gasteiger partial charge in [0.2, 0.25) is 0 Å². The average molecular weight is 257 g/mol. The van der Waals surface area contributed by atoms with Crippen molar-refractivity contribution < 1.29 is 0 Å².